The maximum Gasteiger partial charge on any atom is 0.416 e. The molecule has 1 N–H and O–H groups in total. The first kappa shape index (κ1) is 13.4. The SMILES string of the molecule is O=c1[nH]n(-c2cccc(C(F)(F)F)c2)c(=O)cc1Cl. The van der Waals surface area contributed by atoms with Crippen LogP contribution in [0.3, 0.4) is 0 Å². The summed E-state index contributed by atoms with van der Waals surface area (Å²) in [5.74, 6) is 0. The highest BCUT2D eigenvalue weighted by Crippen LogP contribution is 2.29. The van der Waals surface area contributed by atoms with Crippen LogP contribution in [0.4, 0.5) is 13.2 Å². The fourth-order valence-electron chi connectivity index (χ4n) is 1.46. The molecule has 0 radical (unpaired) electrons. The molecule has 0 saturated carbocycles. The van der Waals surface area contributed by atoms with Gasteiger partial charge in [0.05, 0.1) is 11.3 Å². The highest BCUT2D eigenvalue weighted by molar-refractivity contribution is 6.30. The normalized spacial score (nSPS) is 11.6. The lowest BCUT2D eigenvalue weighted by molar-refractivity contribution is -0.137. The van der Waals surface area contributed by atoms with Crippen molar-refractivity contribution in [2.45, 2.75) is 6.18 Å². The second-order valence-corrected chi connectivity index (χ2v) is 4.06. The minimum Gasteiger partial charge on any atom is -0.267 e. The second-order valence-electron chi connectivity index (χ2n) is 3.65. The molecule has 0 saturated heterocycles. The lowest BCUT2D eigenvalue weighted by Gasteiger charge is -2.10. The number of hydrogen-bond donors (Lipinski definition) is 1. The Kier molecular flexibility index (Phi) is 3.23. The predicted octanol–water partition coefficient (Wildman–Crippen LogP) is 2.20. The van der Waals surface area contributed by atoms with E-state index in [0.29, 0.717) is 4.68 Å². The summed E-state index contributed by atoms with van der Waals surface area (Å²) in [7, 11) is 0. The van der Waals surface area contributed by atoms with Crippen molar-refractivity contribution < 1.29 is 13.2 Å². The maximum absolute atomic E-state index is 12.5. The minimum atomic E-state index is -4.54. The van der Waals surface area contributed by atoms with Crippen LogP contribution in [0.15, 0.2) is 39.9 Å². The van der Waals surface area contributed by atoms with Crippen molar-refractivity contribution in [2.75, 3.05) is 0 Å². The van der Waals surface area contributed by atoms with Crippen LogP contribution in [-0.2, 0) is 6.18 Å². The summed E-state index contributed by atoms with van der Waals surface area (Å²) < 4.78 is 38.3. The molecule has 19 heavy (non-hydrogen) atoms. The summed E-state index contributed by atoms with van der Waals surface area (Å²) in [5, 5.41) is 1.76. The summed E-state index contributed by atoms with van der Waals surface area (Å²) in [6.45, 7) is 0. The number of benzene rings is 1. The summed E-state index contributed by atoms with van der Waals surface area (Å²) in [4.78, 5) is 22.9. The molecule has 8 heteroatoms. The highest BCUT2D eigenvalue weighted by Gasteiger charge is 2.30. The van der Waals surface area contributed by atoms with Crippen LogP contribution in [0.5, 0.6) is 0 Å². The zero-order valence-electron chi connectivity index (χ0n) is 9.16. The van der Waals surface area contributed by atoms with Gasteiger partial charge in [-0.05, 0) is 18.2 Å². The van der Waals surface area contributed by atoms with Crippen molar-refractivity contribution in [2.24, 2.45) is 0 Å². The first-order valence-electron chi connectivity index (χ1n) is 4.98. The molecular formula is C11H6ClF3N2O2. The molecular weight excluding hydrogens is 285 g/mol. The molecule has 1 aromatic carbocycles. The van der Waals surface area contributed by atoms with Crippen LogP contribution in [0.25, 0.3) is 5.69 Å². The number of aromatic nitrogens is 2. The standard InChI is InChI=1S/C11H6ClF3N2O2/c12-8-5-9(18)17(16-10(8)19)7-3-1-2-6(4-7)11(13,14)15/h1-5H,(H,16,19). The second kappa shape index (κ2) is 4.58. The zero-order valence-corrected chi connectivity index (χ0v) is 9.92. The van der Waals surface area contributed by atoms with Gasteiger partial charge in [0, 0.05) is 6.07 Å². The van der Waals surface area contributed by atoms with Crippen LogP contribution in [0.2, 0.25) is 5.02 Å². The number of aromatic amines is 1. The van der Waals surface area contributed by atoms with Crippen LogP contribution in [-0.4, -0.2) is 9.78 Å². The van der Waals surface area contributed by atoms with Gasteiger partial charge in [0.1, 0.15) is 5.02 Å². The first-order chi connectivity index (χ1) is 8.79. The van der Waals surface area contributed by atoms with E-state index in [-0.39, 0.29) is 10.7 Å². The Labute approximate surface area is 109 Å². The van der Waals surface area contributed by atoms with E-state index >= 15 is 0 Å². The van der Waals surface area contributed by atoms with Crippen molar-refractivity contribution >= 4 is 11.6 Å². The average molecular weight is 291 g/mol. The smallest absolute Gasteiger partial charge is 0.267 e. The third kappa shape index (κ3) is 2.70. The van der Waals surface area contributed by atoms with E-state index in [1.807, 2.05) is 0 Å². The Morgan fingerprint density at radius 1 is 1.16 bits per heavy atom. The van der Waals surface area contributed by atoms with Gasteiger partial charge in [0.2, 0.25) is 0 Å². The molecule has 0 spiro atoms. The Bertz CT molecular complexity index is 734. The molecule has 1 aromatic heterocycles. The van der Waals surface area contributed by atoms with E-state index in [2.05, 4.69) is 5.10 Å². The van der Waals surface area contributed by atoms with Crippen LogP contribution in [0.1, 0.15) is 5.56 Å². The molecule has 0 aliphatic heterocycles. The van der Waals surface area contributed by atoms with Gasteiger partial charge in [0.15, 0.2) is 0 Å². The van der Waals surface area contributed by atoms with Gasteiger partial charge in [-0.1, -0.05) is 17.7 Å². The van der Waals surface area contributed by atoms with Gasteiger partial charge < -0.3 is 0 Å². The topological polar surface area (TPSA) is 54.9 Å². The number of nitrogens with zero attached hydrogens (tertiary/aromatic N) is 1. The molecule has 0 fully saturated rings. The van der Waals surface area contributed by atoms with Gasteiger partial charge in [0.25, 0.3) is 11.1 Å². The van der Waals surface area contributed by atoms with Crippen molar-refractivity contribution in [1.29, 1.82) is 0 Å². The Balaban J connectivity index is 2.64. The molecule has 4 nitrogen and oxygen atoms in total. The van der Waals surface area contributed by atoms with Gasteiger partial charge in [-0.25, -0.2) is 4.68 Å². The molecule has 0 amide bonds. The largest absolute Gasteiger partial charge is 0.416 e. The monoisotopic (exact) mass is 290 g/mol. The van der Waals surface area contributed by atoms with Crippen molar-refractivity contribution in [3.8, 4) is 5.69 Å². The van der Waals surface area contributed by atoms with E-state index in [0.717, 1.165) is 24.3 Å². The molecule has 2 aromatic rings. The fraction of sp³-hybridized carbons (Fsp3) is 0.0909. The third-order valence-electron chi connectivity index (χ3n) is 2.33. The molecule has 1 heterocycles. The number of nitrogens with one attached hydrogen (secondary N) is 1. The molecule has 0 unspecified atom stereocenters. The van der Waals surface area contributed by atoms with Gasteiger partial charge in [-0.2, -0.15) is 13.2 Å². The lowest BCUT2D eigenvalue weighted by Crippen LogP contribution is -2.27. The quantitative estimate of drug-likeness (QED) is 0.875. The van der Waals surface area contributed by atoms with E-state index in [1.165, 1.54) is 6.07 Å². The zero-order chi connectivity index (χ0) is 14.2. The van der Waals surface area contributed by atoms with Crippen LogP contribution in [0, 0.1) is 0 Å². The van der Waals surface area contributed by atoms with Crippen molar-refractivity contribution in [3.63, 3.8) is 0 Å². The van der Waals surface area contributed by atoms with E-state index in [4.69, 9.17) is 11.6 Å². The number of halogens is 4. The molecule has 0 bridgehead atoms. The number of H-pyrrole nitrogens is 1. The van der Waals surface area contributed by atoms with Crippen LogP contribution < -0.4 is 11.1 Å². The van der Waals surface area contributed by atoms with Crippen molar-refractivity contribution in [1.82, 2.24) is 9.78 Å². The summed E-state index contributed by atoms with van der Waals surface area (Å²) >= 11 is 5.44. The molecule has 0 aliphatic rings. The van der Waals surface area contributed by atoms with Gasteiger partial charge in [-0.3, -0.25) is 14.7 Å². The fourth-order valence-corrected chi connectivity index (χ4v) is 1.60. The highest BCUT2D eigenvalue weighted by atomic mass is 35.5. The Hall–Kier alpha value is -2.02. The molecule has 0 aliphatic carbocycles. The third-order valence-corrected chi connectivity index (χ3v) is 2.61. The lowest BCUT2D eigenvalue weighted by atomic mass is 10.2. The van der Waals surface area contributed by atoms with E-state index in [1.54, 1.807) is 0 Å². The Morgan fingerprint density at radius 2 is 1.84 bits per heavy atom. The number of alkyl halides is 3. The van der Waals surface area contributed by atoms with Gasteiger partial charge >= 0.3 is 6.18 Å². The summed E-state index contributed by atoms with van der Waals surface area (Å²) in [6.07, 6.45) is -4.54. The van der Waals surface area contributed by atoms with E-state index in [9.17, 15) is 22.8 Å². The summed E-state index contributed by atoms with van der Waals surface area (Å²) in [5.41, 5.74) is -2.52. The average Bonchev–Trinajstić information content (AvgIpc) is 2.33. The number of rotatable bonds is 1. The molecule has 2 rings (SSSR count). The van der Waals surface area contributed by atoms with Crippen molar-refractivity contribution in [3.05, 3.63) is 61.6 Å². The van der Waals surface area contributed by atoms with Gasteiger partial charge in [-0.15, -0.1) is 0 Å². The maximum atomic E-state index is 12.5. The van der Waals surface area contributed by atoms with Crippen LogP contribution >= 0.6 is 11.6 Å². The number of hydrogen-bond acceptors (Lipinski definition) is 2. The summed E-state index contributed by atoms with van der Waals surface area (Å²) in [6, 6.07) is 4.85. The van der Waals surface area contributed by atoms with E-state index < -0.39 is 22.9 Å². The minimum absolute atomic E-state index is 0.103. The predicted molar refractivity (Wildman–Crippen MR) is 62.7 cm³/mol. The molecule has 100 valence electrons. The molecule has 0 atom stereocenters. The Morgan fingerprint density at radius 3 is 2.47 bits per heavy atom. The first-order valence-corrected chi connectivity index (χ1v) is 5.36.